The van der Waals surface area contributed by atoms with Gasteiger partial charge in [0.1, 0.15) is 0 Å². The van der Waals surface area contributed by atoms with Crippen LogP contribution in [0.4, 0.5) is 0 Å². The van der Waals surface area contributed by atoms with Gasteiger partial charge in [-0.3, -0.25) is 4.98 Å². The molecular weight excluding hydrogens is 240 g/mol. The summed E-state index contributed by atoms with van der Waals surface area (Å²) < 4.78 is 0. The van der Waals surface area contributed by atoms with Gasteiger partial charge in [-0.25, -0.2) is 0 Å². The molecule has 0 aliphatic rings. The minimum Gasteiger partial charge on any atom is -0.409 e. The molecule has 0 unspecified atom stereocenters. The summed E-state index contributed by atoms with van der Waals surface area (Å²) in [6, 6.07) is 11.5. The summed E-state index contributed by atoms with van der Waals surface area (Å²) in [6.45, 7) is 1.49. The van der Waals surface area contributed by atoms with Crippen LogP contribution in [-0.2, 0) is 13.1 Å². The summed E-state index contributed by atoms with van der Waals surface area (Å²) in [5.41, 5.74) is 8.53. The van der Waals surface area contributed by atoms with Crippen molar-refractivity contribution >= 4 is 5.84 Å². The van der Waals surface area contributed by atoms with Crippen molar-refractivity contribution in [1.29, 1.82) is 0 Å². The predicted octanol–water partition coefficient (Wildman–Crippen LogP) is 1.47. The van der Waals surface area contributed by atoms with Crippen molar-refractivity contribution in [2.24, 2.45) is 10.9 Å². The van der Waals surface area contributed by atoms with Gasteiger partial charge < -0.3 is 16.3 Å². The Labute approximate surface area is 111 Å². The first-order chi connectivity index (χ1) is 9.29. The number of benzene rings is 1. The molecule has 0 fully saturated rings. The summed E-state index contributed by atoms with van der Waals surface area (Å²) in [7, 11) is 0. The Bertz CT molecular complexity index is 554. The molecular formula is C14H16N4O. The molecule has 0 aliphatic carbocycles. The Hall–Kier alpha value is -2.40. The molecule has 0 aliphatic heterocycles. The second kappa shape index (κ2) is 6.51. The second-order valence-electron chi connectivity index (χ2n) is 4.14. The second-order valence-corrected chi connectivity index (χ2v) is 4.14. The molecule has 0 amide bonds. The first kappa shape index (κ1) is 13.0. The fourth-order valence-electron chi connectivity index (χ4n) is 1.75. The van der Waals surface area contributed by atoms with Gasteiger partial charge in [-0.2, -0.15) is 0 Å². The van der Waals surface area contributed by atoms with Crippen molar-refractivity contribution in [3.63, 3.8) is 0 Å². The number of aromatic nitrogens is 1. The van der Waals surface area contributed by atoms with Gasteiger partial charge in [-0.15, -0.1) is 0 Å². The van der Waals surface area contributed by atoms with Gasteiger partial charge in [0.15, 0.2) is 5.84 Å². The Morgan fingerprint density at radius 1 is 1.16 bits per heavy atom. The standard InChI is InChI=1S/C14H16N4O/c15-14(18-19)13-3-1-2-12(8-13)10-17-9-11-4-6-16-7-5-11/h1-8,17,19H,9-10H2,(H2,15,18). The summed E-state index contributed by atoms with van der Waals surface area (Å²) in [5, 5.41) is 15.0. The van der Waals surface area contributed by atoms with Crippen molar-refractivity contribution in [3.05, 3.63) is 65.5 Å². The molecule has 1 aromatic carbocycles. The number of hydrogen-bond donors (Lipinski definition) is 3. The molecule has 0 spiro atoms. The highest BCUT2D eigenvalue weighted by Gasteiger charge is 2.00. The van der Waals surface area contributed by atoms with E-state index in [1.165, 1.54) is 5.56 Å². The number of pyridine rings is 1. The Balaban J connectivity index is 1.93. The monoisotopic (exact) mass is 256 g/mol. The zero-order valence-electron chi connectivity index (χ0n) is 10.5. The van der Waals surface area contributed by atoms with Crippen LogP contribution in [0.3, 0.4) is 0 Å². The fourth-order valence-corrected chi connectivity index (χ4v) is 1.75. The van der Waals surface area contributed by atoms with Crippen molar-refractivity contribution in [2.45, 2.75) is 13.1 Å². The quantitative estimate of drug-likeness (QED) is 0.327. The number of rotatable bonds is 5. The van der Waals surface area contributed by atoms with Gasteiger partial charge in [0.2, 0.25) is 0 Å². The van der Waals surface area contributed by atoms with E-state index in [1.54, 1.807) is 18.5 Å². The zero-order valence-corrected chi connectivity index (χ0v) is 10.5. The lowest BCUT2D eigenvalue weighted by molar-refractivity contribution is 0.318. The van der Waals surface area contributed by atoms with Crippen molar-refractivity contribution < 1.29 is 5.21 Å². The van der Waals surface area contributed by atoms with E-state index in [-0.39, 0.29) is 5.84 Å². The third kappa shape index (κ3) is 3.79. The number of nitrogens with one attached hydrogen (secondary N) is 1. The third-order valence-corrected chi connectivity index (χ3v) is 2.74. The average molecular weight is 256 g/mol. The number of nitrogens with zero attached hydrogens (tertiary/aromatic N) is 2. The molecule has 1 aromatic heterocycles. The van der Waals surface area contributed by atoms with E-state index in [2.05, 4.69) is 15.5 Å². The Kier molecular flexibility index (Phi) is 4.47. The minimum absolute atomic E-state index is 0.121. The van der Waals surface area contributed by atoms with Crippen LogP contribution < -0.4 is 11.1 Å². The zero-order chi connectivity index (χ0) is 13.5. The molecule has 5 heteroatoms. The van der Waals surface area contributed by atoms with E-state index in [9.17, 15) is 0 Å². The summed E-state index contributed by atoms with van der Waals surface area (Å²) in [5.74, 6) is 0.121. The molecule has 4 N–H and O–H groups in total. The molecule has 19 heavy (non-hydrogen) atoms. The van der Waals surface area contributed by atoms with E-state index in [1.807, 2.05) is 30.3 Å². The Morgan fingerprint density at radius 3 is 2.63 bits per heavy atom. The molecule has 2 aromatic rings. The highest BCUT2D eigenvalue weighted by atomic mass is 16.4. The third-order valence-electron chi connectivity index (χ3n) is 2.74. The van der Waals surface area contributed by atoms with Gasteiger partial charge >= 0.3 is 0 Å². The summed E-state index contributed by atoms with van der Waals surface area (Å²) >= 11 is 0. The number of amidine groups is 1. The highest BCUT2D eigenvalue weighted by molar-refractivity contribution is 5.97. The summed E-state index contributed by atoms with van der Waals surface area (Å²) in [4.78, 5) is 3.97. The molecule has 0 saturated heterocycles. The largest absolute Gasteiger partial charge is 0.409 e. The van der Waals surface area contributed by atoms with Crippen molar-refractivity contribution in [1.82, 2.24) is 10.3 Å². The van der Waals surface area contributed by atoms with Crippen LogP contribution in [0.1, 0.15) is 16.7 Å². The predicted molar refractivity (Wildman–Crippen MR) is 73.7 cm³/mol. The average Bonchev–Trinajstić information content (AvgIpc) is 2.48. The van der Waals surface area contributed by atoms with Crippen molar-refractivity contribution in [2.75, 3.05) is 0 Å². The smallest absolute Gasteiger partial charge is 0.170 e. The number of nitrogens with two attached hydrogens (primary N) is 1. The van der Waals surface area contributed by atoms with Gasteiger partial charge in [0.25, 0.3) is 0 Å². The first-order valence-electron chi connectivity index (χ1n) is 5.96. The van der Waals surface area contributed by atoms with Gasteiger partial charge in [-0.05, 0) is 29.3 Å². The molecule has 0 saturated carbocycles. The Morgan fingerprint density at radius 2 is 1.89 bits per heavy atom. The normalized spacial score (nSPS) is 11.5. The van der Waals surface area contributed by atoms with E-state index in [4.69, 9.17) is 10.9 Å². The molecule has 2 rings (SSSR count). The molecule has 98 valence electrons. The maximum atomic E-state index is 8.65. The molecule has 0 bridgehead atoms. The van der Waals surface area contributed by atoms with Crippen LogP contribution in [0.5, 0.6) is 0 Å². The van der Waals surface area contributed by atoms with E-state index in [0.717, 1.165) is 18.7 Å². The first-order valence-corrected chi connectivity index (χ1v) is 5.96. The van der Waals surface area contributed by atoms with Crippen LogP contribution >= 0.6 is 0 Å². The fraction of sp³-hybridized carbons (Fsp3) is 0.143. The van der Waals surface area contributed by atoms with Crippen LogP contribution in [0.15, 0.2) is 53.9 Å². The number of oxime groups is 1. The lowest BCUT2D eigenvalue weighted by Crippen LogP contribution is -2.15. The molecule has 0 radical (unpaired) electrons. The van der Waals surface area contributed by atoms with Gasteiger partial charge in [0.05, 0.1) is 0 Å². The number of hydrogen-bond acceptors (Lipinski definition) is 4. The van der Waals surface area contributed by atoms with E-state index >= 15 is 0 Å². The van der Waals surface area contributed by atoms with Crippen LogP contribution in [0.25, 0.3) is 0 Å². The summed E-state index contributed by atoms with van der Waals surface area (Å²) in [6.07, 6.45) is 3.55. The maximum Gasteiger partial charge on any atom is 0.170 e. The van der Waals surface area contributed by atoms with E-state index < -0.39 is 0 Å². The van der Waals surface area contributed by atoms with Gasteiger partial charge in [0, 0.05) is 31.0 Å². The van der Waals surface area contributed by atoms with Crippen LogP contribution in [0, 0.1) is 0 Å². The van der Waals surface area contributed by atoms with Crippen LogP contribution in [-0.4, -0.2) is 16.0 Å². The maximum absolute atomic E-state index is 8.65. The SMILES string of the molecule is NC(=NO)c1cccc(CNCc2ccncc2)c1. The van der Waals surface area contributed by atoms with Crippen molar-refractivity contribution in [3.8, 4) is 0 Å². The molecule has 0 atom stereocenters. The van der Waals surface area contributed by atoms with E-state index in [0.29, 0.717) is 5.56 Å². The lowest BCUT2D eigenvalue weighted by atomic mass is 10.1. The van der Waals surface area contributed by atoms with Crippen LogP contribution in [0.2, 0.25) is 0 Å². The topological polar surface area (TPSA) is 83.5 Å². The molecule has 1 heterocycles. The molecule has 5 nitrogen and oxygen atoms in total. The van der Waals surface area contributed by atoms with Gasteiger partial charge in [-0.1, -0.05) is 23.4 Å². The minimum atomic E-state index is 0.121. The lowest BCUT2D eigenvalue weighted by Gasteiger charge is -2.06. The highest BCUT2D eigenvalue weighted by Crippen LogP contribution is 2.05.